The van der Waals surface area contributed by atoms with Crippen molar-refractivity contribution in [3.8, 4) is 11.5 Å². The molecule has 2 heterocycles. The number of ether oxygens (including phenoxy) is 2. The second kappa shape index (κ2) is 5.63. The smallest absolute Gasteiger partial charge is 0.305 e. The zero-order valence-electron chi connectivity index (χ0n) is 11.6. The first kappa shape index (κ1) is 13.7. The van der Waals surface area contributed by atoms with Gasteiger partial charge in [0.25, 0.3) is 5.91 Å². The van der Waals surface area contributed by atoms with Crippen LogP contribution in [0.25, 0.3) is 0 Å². The van der Waals surface area contributed by atoms with E-state index in [1.165, 1.54) is 0 Å². The Balaban J connectivity index is 1.79. The molecule has 112 valence electrons. The maximum atomic E-state index is 12.6. The molecular weight excluding hydrogens is 274 g/mol. The molecule has 6 nitrogen and oxygen atoms in total. The van der Waals surface area contributed by atoms with Crippen molar-refractivity contribution in [1.29, 1.82) is 0 Å². The van der Waals surface area contributed by atoms with Crippen molar-refractivity contribution >= 4 is 11.9 Å². The summed E-state index contributed by atoms with van der Waals surface area (Å²) in [5.74, 6) is 0.194. The van der Waals surface area contributed by atoms with E-state index in [1.807, 2.05) is 0 Å². The number of likely N-dealkylation sites (tertiary alicyclic amines) is 1. The highest BCUT2D eigenvalue weighted by molar-refractivity contribution is 5.95. The van der Waals surface area contributed by atoms with Gasteiger partial charge in [0.2, 0.25) is 0 Å². The molecule has 21 heavy (non-hydrogen) atoms. The standard InChI is InChI=1S/C15H17NO5/c17-14(18)9-11-2-1-5-16(11)15(19)10-3-4-12-13(8-10)21-7-6-20-12/h3-4,8,11H,1-2,5-7,9H2,(H,17,18). The molecule has 1 aromatic rings. The fourth-order valence-corrected chi connectivity index (χ4v) is 2.86. The van der Waals surface area contributed by atoms with Gasteiger partial charge >= 0.3 is 5.97 Å². The predicted molar refractivity (Wildman–Crippen MR) is 73.7 cm³/mol. The average Bonchev–Trinajstić information content (AvgIpc) is 2.93. The van der Waals surface area contributed by atoms with E-state index in [9.17, 15) is 9.59 Å². The summed E-state index contributed by atoms with van der Waals surface area (Å²) in [6.45, 7) is 1.58. The summed E-state index contributed by atoms with van der Waals surface area (Å²) in [6.07, 6.45) is 1.58. The van der Waals surface area contributed by atoms with Crippen molar-refractivity contribution in [1.82, 2.24) is 4.90 Å². The first-order valence-electron chi connectivity index (χ1n) is 7.07. The molecule has 1 aromatic carbocycles. The molecule has 0 aliphatic carbocycles. The van der Waals surface area contributed by atoms with Gasteiger partial charge in [-0.1, -0.05) is 0 Å². The summed E-state index contributed by atoms with van der Waals surface area (Å²) in [7, 11) is 0. The number of carbonyl (C=O) groups excluding carboxylic acids is 1. The molecule has 1 amide bonds. The van der Waals surface area contributed by atoms with Gasteiger partial charge in [-0.2, -0.15) is 0 Å². The maximum Gasteiger partial charge on any atom is 0.305 e. The van der Waals surface area contributed by atoms with Crippen molar-refractivity contribution in [2.45, 2.75) is 25.3 Å². The SMILES string of the molecule is O=C(O)CC1CCCN1C(=O)c1ccc2c(c1)OCCO2. The second-order valence-corrected chi connectivity index (χ2v) is 5.25. The van der Waals surface area contributed by atoms with Crippen molar-refractivity contribution in [3.05, 3.63) is 23.8 Å². The Bertz CT molecular complexity index is 571. The molecule has 1 N–H and O–H groups in total. The van der Waals surface area contributed by atoms with E-state index in [1.54, 1.807) is 23.1 Å². The third-order valence-electron chi connectivity index (χ3n) is 3.84. The number of benzene rings is 1. The Morgan fingerprint density at radius 3 is 2.76 bits per heavy atom. The maximum absolute atomic E-state index is 12.6. The molecule has 2 aliphatic rings. The van der Waals surface area contributed by atoms with E-state index >= 15 is 0 Å². The second-order valence-electron chi connectivity index (χ2n) is 5.25. The zero-order valence-corrected chi connectivity index (χ0v) is 11.6. The summed E-state index contributed by atoms with van der Waals surface area (Å²) in [5.41, 5.74) is 0.511. The molecule has 0 bridgehead atoms. The van der Waals surface area contributed by atoms with Crippen molar-refractivity contribution in [2.24, 2.45) is 0 Å². The largest absolute Gasteiger partial charge is 0.486 e. The highest BCUT2D eigenvalue weighted by Crippen LogP contribution is 2.32. The van der Waals surface area contributed by atoms with Crippen LogP contribution in [-0.2, 0) is 4.79 Å². The van der Waals surface area contributed by atoms with Gasteiger partial charge in [0.15, 0.2) is 11.5 Å². The molecular formula is C15H17NO5. The van der Waals surface area contributed by atoms with Gasteiger partial charge < -0.3 is 19.5 Å². The number of carboxylic acids is 1. The topological polar surface area (TPSA) is 76.1 Å². The average molecular weight is 291 g/mol. The van der Waals surface area contributed by atoms with Crippen molar-refractivity contribution in [3.63, 3.8) is 0 Å². The van der Waals surface area contributed by atoms with Gasteiger partial charge in [0, 0.05) is 18.2 Å². The Morgan fingerprint density at radius 1 is 1.24 bits per heavy atom. The van der Waals surface area contributed by atoms with Gasteiger partial charge in [-0.05, 0) is 31.0 Å². The van der Waals surface area contributed by atoms with Crippen LogP contribution in [0.5, 0.6) is 11.5 Å². The van der Waals surface area contributed by atoms with Crippen LogP contribution in [0.2, 0.25) is 0 Å². The Hall–Kier alpha value is -2.24. The van der Waals surface area contributed by atoms with Crippen molar-refractivity contribution in [2.75, 3.05) is 19.8 Å². The molecule has 3 rings (SSSR count). The molecule has 1 fully saturated rings. The number of amides is 1. The molecule has 2 aliphatic heterocycles. The molecule has 0 aromatic heterocycles. The zero-order chi connectivity index (χ0) is 14.8. The lowest BCUT2D eigenvalue weighted by atomic mass is 10.1. The first-order chi connectivity index (χ1) is 10.1. The Kier molecular flexibility index (Phi) is 3.68. The number of rotatable bonds is 3. The molecule has 1 saturated heterocycles. The number of carboxylic acid groups (broad SMARTS) is 1. The quantitative estimate of drug-likeness (QED) is 0.914. The van der Waals surface area contributed by atoms with E-state index < -0.39 is 5.97 Å². The van der Waals surface area contributed by atoms with E-state index in [4.69, 9.17) is 14.6 Å². The van der Waals surface area contributed by atoms with E-state index in [2.05, 4.69) is 0 Å². The first-order valence-corrected chi connectivity index (χ1v) is 7.07. The van der Waals surface area contributed by atoms with E-state index in [-0.39, 0.29) is 18.4 Å². The highest BCUT2D eigenvalue weighted by Gasteiger charge is 2.31. The summed E-state index contributed by atoms with van der Waals surface area (Å²) < 4.78 is 10.9. The van der Waals surface area contributed by atoms with E-state index in [0.29, 0.717) is 36.8 Å². The lowest BCUT2D eigenvalue weighted by Crippen LogP contribution is -2.36. The summed E-state index contributed by atoms with van der Waals surface area (Å²) >= 11 is 0. The number of hydrogen-bond acceptors (Lipinski definition) is 4. The van der Waals surface area contributed by atoms with Crippen LogP contribution < -0.4 is 9.47 Å². The number of fused-ring (bicyclic) bond motifs is 1. The normalized spacial score (nSPS) is 20.4. The van der Waals surface area contributed by atoms with Crippen LogP contribution in [-0.4, -0.2) is 47.7 Å². The Labute approximate surface area is 122 Å². The Morgan fingerprint density at radius 2 is 2.00 bits per heavy atom. The van der Waals surface area contributed by atoms with Gasteiger partial charge in [-0.25, -0.2) is 0 Å². The van der Waals surface area contributed by atoms with Crippen LogP contribution in [0.4, 0.5) is 0 Å². The summed E-state index contributed by atoms with van der Waals surface area (Å²) in [6, 6.07) is 4.88. The molecule has 0 radical (unpaired) electrons. The van der Waals surface area contributed by atoms with Gasteiger partial charge in [0.05, 0.1) is 6.42 Å². The molecule has 0 saturated carbocycles. The summed E-state index contributed by atoms with van der Waals surface area (Å²) in [4.78, 5) is 25.1. The minimum atomic E-state index is -0.873. The van der Waals surface area contributed by atoms with Crippen LogP contribution >= 0.6 is 0 Å². The minimum absolute atomic E-state index is 0.00368. The number of carbonyl (C=O) groups is 2. The molecule has 0 spiro atoms. The predicted octanol–water partition coefficient (Wildman–Crippen LogP) is 1.54. The summed E-state index contributed by atoms with van der Waals surface area (Å²) in [5, 5.41) is 8.93. The van der Waals surface area contributed by atoms with Gasteiger partial charge in [-0.3, -0.25) is 9.59 Å². The van der Waals surface area contributed by atoms with Crippen LogP contribution in [0.15, 0.2) is 18.2 Å². The van der Waals surface area contributed by atoms with E-state index in [0.717, 1.165) is 12.8 Å². The fraction of sp³-hybridized carbons (Fsp3) is 0.467. The minimum Gasteiger partial charge on any atom is -0.486 e. The lowest BCUT2D eigenvalue weighted by molar-refractivity contribution is -0.137. The lowest BCUT2D eigenvalue weighted by Gasteiger charge is -2.24. The van der Waals surface area contributed by atoms with Gasteiger partial charge in [-0.15, -0.1) is 0 Å². The molecule has 1 atom stereocenters. The molecule has 6 heteroatoms. The molecule has 1 unspecified atom stereocenters. The van der Waals surface area contributed by atoms with Crippen LogP contribution in [0, 0.1) is 0 Å². The van der Waals surface area contributed by atoms with Crippen molar-refractivity contribution < 1.29 is 24.2 Å². The number of nitrogens with zero attached hydrogens (tertiary/aromatic N) is 1. The van der Waals surface area contributed by atoms with Gasteiger partial charge in [0.1, 0.15) is 13.2 Å². The fourth-order valence-electron chi connectivity index (χ4n) is 2.86. The third kappa shape index (κ3) is 2.79. The number of hydrogen-bond donors (Lipinski definition) is 1. The third-order valence-corrected chi connectivity index (χ3v) is 3.84. The highest BCUT2D eigenvalue weighted by atomic mass is 16.6. The number of aliphatic carboxylic acids is 1. The monoisotopic (exact) mass is 291 g/mol. The van der Waals surface area contributed by atoms with Crippen LogP contribution in [0.1, 0.15) is 29.6 Å². The van der Waals surface area contributed by atoms with Crippen LogP contribution in [0.3, 0.4) is 0 Å².